The average Bonchev–Trinajstić information content (AvgIpc) is 3.03. The molecule has 1 heterocycles. The van der Waals surface area contributed by atoms with Crippen molar-refractivity contribution < 1.29 is 18.3 Å². The molecule has 0 saturated heterocycles. The molecular formula is C20H19F2N3O2. The minimum Gasteiger partial charge on any atom is -0.494 e. The molecule has 3 aromatic rings. The van der Waals surface area contributed by atoms with E-state index in [1.165, 1.54) is 42.5 Å². The van der Waals surface area contributed by atoms with E-state index < -0.39 is 5.82 Å². The fourth-order valence-electron chi connectivity index (χ4n) is 2.82. The molecule has 0 spiro atoms. The van der Waals surface area contributed by atoms with E-state index in [4.69, 9.17) is 4.74 Å². The van der Waals surface area contributed by atoms with Crippen molar-refractivity contribution in [2.24, 2.45) is 0 Å². The Bertz CT molecular complexity index is 968. The number of ether oxygens (including phenoxy) is 1. The second-order valence-corrected chi connectivity index (χ2v) is 6.16. The summed E-state index contributed by atoms with van der Waals surface area (Å²) in [6, 6.07) is 10.4. The number of aromatic nitrogens is 2. The van der Waals surface area contributed by atoms with E-state index in [0.29, 0.717) is 22.5 Å². The lowest BCUT2D eigenvalue weighted by Gasteiger charge is -2.17. The van der Waals surface area contributed by atoms with Crippen LogP contribution in [-0.4, -0.2) is 34.7 Å². The van der Waals surface area contributed by atoms with E-state index in [2.05, 4.69) is 5.10 Å². The summed E-state index contributed by atoms with van der Waals surface area (Å²) in [6.07, 6.45) is 1.48. The minimum absolute atomic E-state index is 0.157. The van der Waals surface area contributed by atoms with Gasteiger partial charge in [0.15, 0.2) is 11.6 Å². The van der Waals surface area contributed by atoms with Crippen LogP contribution in [-0.2, 0) is 6.54 Å². The minimum atomic E-state index is -0.476. The van der Waals surface area contributed by atoms with Gasteiger partial charge in [-0.05, 0) is 48.9 Å². The van der Waals surface area contributed by atoms with Gasteiger partial charge in [-0.2, -0.15) is 5.10 Å². The summed E-state index contributed by atoms with van der Waals surface area (Å²) in [5.41, 5.74) is 2.37. The molecule has 140 valence electrons. The molecule has 5 nitrogen and oxygen atoms in total. The van der Waals surface area contributed by atoms with E-state index in [-0.39, 0.29) is 24.0 Å². The highest BCUT2D eigenvalue weighted by Crippen LogP contribution is 2.20. The number of hydrogen-bond acceptors (Lipinski definition) is 3. The zero-order valence-electron chi connectivity index (χ0n) is 15.2. The van der Waals surface area contributed by atoms with Gasteiger partial charge in [-0.25, -0.2) is 13.5 Å². The third kappa shape index (κ3) is 3.81. The monoisotopic (exact) mass is 371 g/mol. The van der Waals surface area contributed by atoms with E-state index in [1.807, 2.05) is 0 Å². The molecule has 2 aromatic carbocycles. The Morgan fingerprint density at radius 2 is 1.89 bits per heavy atom. The second kappa shape index (κ2) is 7.57. The van der Waals surface area contributed by atoms with Crippen LogP contribution in [0, 0.1) is 18.6 Å². The third-order valence-electron chi connectivity index (χ3n) is 4.29. The molecule has 0 bridgehead atoms. The Morgan fingerprint density at radius 1 is 1.19 bits per heavy atom. The Kier molecular flexibility index (Phi) is 5.21. The van der Waals surface area contributed by atoms with Gasteiger partial charge >= 0.3 is 0 Å². The summed E-state index contributed by atoms with van der Waals surface area (Å²) >= 11 is 0. The van der Waals surface area contributed by atoms with Gasteiger partial charge in [0, 0.05) is 13.6 Å². The van der Waals surface area contributed by atoms with Crippen molar-refractivity contribution in [1.82, 2.24) is 14.7 Å². The largest absolute Gasteiger partial charge is 0.494 e. The summed E-state index contributed by atoms with van der Waals surface area (Å²) in [7, 11) is 3.04. The number of carbonyl (C=O) groups is 1. The van der Waals surface area contributed by atoms with Crippen molar-refractivity contribution in [1.29, 1.82) is 0 Å². The van der Waals surface area contributed by atoms with Crippen LogP contribution < -0.4 is 4.74 Å². The number of benzene rings is 2. The van der Waals surface area contributed by atoms with Gasteiger partial charge in [0.05, 0.1) is 30.3 Å². The van der Waals surface area contributed by atoms with Crippen molar-refractivity contribution in [2.45, 2.75) is 13.5 Å². The maximum Gasteiger partial charge on any atom is 0.257 e. The summed E-state index contributed by atoms with van der Waals surface area (Å²) in [5, 5.41) is 4.23. The highest BCUT2D eigenvalue weighted by atomic mass is 19.1. The standard InChI is InChI=1S/C20H19F2N3O2/c1-13-17(11-23-25(13)16-7-5-15(21)6-8-16)20(26)24(2)12-14-4-9-19(27-3)18(22)10-14/h4-11H,12H2,1-3H3. The van der Waals surface area contributed by atoms with Crippen LogP contribution in [0.2, 0.25) is 0 Å². The maximum atomic E-state index is 13.8. The molecular weight excluding hydrogens is 352 g/mol. The Hall–Kier alpha value is -3.22. The van der Waals surface area contributed by atoms with Crippen molar-refractivity contribution >= 4 is 5.91 Å². The lowest BCUT2D eigenvalue weighted by Crippen LogP contribution is -2.26. The van der Waals surface area contributed by atoms with E-state index in [1.54, 1.807) is 36.9 Å². The van der Waals surface area contributed by atoms with Crippen molar-refractivity contribution in [3.05, 3.63) is 77.1 Å². The summed E-state index contributed by atoms with van der Waals surface area (Å²) in [4.78, 5) is 14.3. The molecule has 27 heavy (non-hydrogen) atoms. The number of halogens is 2. The van der Waals surface area contributed by atoms with Gasteiger partial charge in [0.25, 0.3) is 5.91 Å². The molecule has 0 fully saturated rings. The highest BCUT2D eigenvalue weighted by Gasteiger charge is 2.19. The highest BCUT2D eigenvalue weighted by molar-refractivity contribution is 5.95. The summed E-state index contributed by atoms with van der Waals surface area (Å²) in [6.45, 7) is 2.01. The van der Waals surface area contributed by atoms with Crippen LogP contribution in [0.5, 0.6) is 5.75 Å². The van der Waals surface area contributed by atoms with Gasteiger partial charge in [0.2, 0.25) is 0 Å². The molecule has 1 aromatic heterocycles. The van der Waals surface area contributed by atoms with Crippen LogP contribution >= 0.6 is 0 Å². The molecule has 7 heteroatoms. The second-order valence-electron chi connectivity index (χ2n) is 6.16. The SMILES string of the molecule is COc1ccc(CN(C)C(=O)c2cnn(-c3ccc(F)cc3)c2C)cc1F. The zero-order chi connectivity index (χ0) is 19.6. The summed E-state index contributed by atoms with van der Waals surface area (Å²) in [5.74, 6) is -0.899. The molecule has 0 aliphatic rings. The van der Waals surface area contributed by atoms with E-state index >= 15 is 0 Å². The van der Waals surface area contributed by atoms with E-state index in [9.17, 15) is 13.6 Å². The van der Waals surface area contributed by atoms with Crippen molar-refractivity contribution in [2.75, 3.05) is 14.2 Å². The lowest BCUT2D eigenvalue weighted by molar-refractivity contribution is 0.0784. The van der Waals surface area contributed by atoms with Crippen molar-refractivity contribution in [3.63, 3.8) is 0 Å². The first-order chi connectivity index (χ1) is 12.9. The Labute approximate surface area is 155 Å². The van der Waals surface area contributed by atoms with Crippen LogP contribution in [0.1, 0.15) is 21.6 Å². The smallest absolute Gasteiger partial charge is 0.257 e. The van der Waals surface area contributed by atoms with Crippen LogP contribution in [0.4, 0.5) is 8.78 Å². The number of rotatable bonds is 5. The summed E-state index contributed by atoms with van der Waals surface area (Å²) < 4.78 is 33.4. The quantitative estimate of drug-likeness (QED) is 0.686. The first kappa shape index (κ1) is 18.6. The molecule has 0 unspecified atom stereocenters. The number of hydrogen-bond donors (Lipinski definition) is 0. The molecule has 0 saturated carbocycles. The fourth-order valence-corrected chi connectivity index (χ4v) is 2.82. The van der Waals surface area contributed by atoms with E-state index in [0.717, 1.165) is 0 Å². The third-order valence-corrected chi connectivity index (χ3v) is 4.29. The molecule has 0 radical (unpaired) electrons. The van der Waals surface area contributed by atoms with Crippen molar-refractivity contribution in [3.8, 4) is 11.4 Å². The number of nitrogens with zero attached hydrogens (tertiary/aromatic N) is 3. The molecule has 0 atom stereocenters. The van der Waals surface area contributed by atoms with Gasteiger partial charge in [0.1, 0.15) is 5.82 Å². The maximum absolute atomic E-state index is 13.8. The molecule has 3 rings (SSSR count). The predicted octanol–water partition coefficient (Wildman–Crippen LogP) is 3.74. The molecule has 0 N–H and O–H groups in total. The Balaban J connectivity index is 1.79. The molecule has 0 aliphatic heterocycles. The lowest BCUT2D eigenvalue weighted by atomic mass is 10.1. The van der Waals surface area contributed by atoms with Crippen LogP contribution in [0.25, 0.3) is 5.69 Å². The number of methoxy groups -OCH3 is 1. The fraction of sp³-hybridized carbons (Fsp3) is 0.200. The van der Waals surface area contributed by atoms with Gasteiger partial charge < -0.3 is 9.64 Å². The zero-order valence-corrected chi connectivity index (χ0v) is 15.2. The number of carbonyl (C=O) groups excluding carboxylic acids is 1. The predicted molar refractivity (Wildman–Crippen MR) is 97.0 cm³/mol. The first-order valence-electron chi connectivity index (χ1n) is 8.29. The molecule has 0 aliphatic carbocycles. The van der Waals surface area contributed by atoms with Crippen LogP contribution in [0.15, 0.2) is 48.7 Å². The number of amides is 1. The van der Waals surface area contributed by atoms with Gasteiger partial charge in [-0.3, -0.25) is 4.79 Å². The first-order valence-corrected chi connectivity index (χ1v) is 8.29. The average molecular weight is 371 g/mol. The molecule has 1 amide bonds. The van der Waals surface area contributed by atoms with Gasteiger partial charge in [-0.1, -0.05) is 6.07 Å². The normalized spacial score (nSPS) is 10.7. The van der Waals surface area contributed by atoms with Crippen LogP contribution in [0.3, 0.4) is 0 Å². The topological polar surface area (TPSA) is 47.4 Å². The Morgan fingerprint density at radius 3 is 2.52 bits per heavy atom. The van der Waals surface area contributed by atoms with Gasteiger partial charge in [-0.15, -0.1) is 0 Å².